The summed E-state index contributed by atoms with van der Waals surface area (Å²) in [5.74, 6) is -1.43. The van der Waals surface area contributed by atoms with Gasteiger partial charge in [-0.1, -0.05) is 64.4 Å². The number of unbranched alkanes of at least 4 members (excludes halogenated alkanes) is 4. The third kappa shape index (κ3) is 6.98. The first-order chi connectivity index (χ1) is 18.5. The van der Waals surface area contributed by atoms with E-state index in [1.807, 2.05) is 6.07 Å². The van der Waals surface area contributed by atoms with Gasteiger partial charge in [0, 0.05) is 0 Å². The van der Waals surface area contributed by atoms with Crippen LogP contribution in [-0.4, -0.2) is 13.6 Å². The molecule has 0 spiro atoms. The van der Waals surface area contributed by atoms with E-state index < -0.39 is 11.6 Å². The van der Waals surface area contributed by atoms with Crippen LogP contribution >= 0.6 is 0 Å². The molecule has 1 aliphatic rings. The molecular formula is C33H37BF3O. The first-order valence-corrected chi connectivity index (χ1v) is 14.1. The average molecular weight is 517 g/mol. The number of hydrogen-bond donors (Lipinski definition) is 0. The molecule has 1 nitrogen and oxygen atoms in total. The number of rotatable bonds is 11. The predicted octanol–water partition coefficient (Wildman–Crippen LogP) is 9.77. The van der Waals surface area contributed by atoms with Crippen LogP contribution in [0.2, 0.25) is 0 Å². The van der Waals surface area contributed by atoms with Gasteiger partial charge in [-0.05, 0) is 42.7 Å². The van der Waals surface area contributed by atoms with E-state index in [-0.39, 0.29) is 17.1 Å². The van der Waals surface area contributed by atoms with E-state index in [9.17, 15) is 8.78 Å². The summed E-state index contributed by atoms with van der Waals surface area (Å²) in [6.07, 6.45) is 14.8. The normalized spacial score (nSPS) is 17.7. The standard InChI is InChI=1S/C33H37BF3O/c1-2-3-4-5-6-8-23-9-7-10-24(12-11-23)27-17-18-28(30(35)21-27)25-13-15-26(16-14-25)29-19-20-31(38-22-34)33(37)32(29)36/h13-24H,2-12H2,1H3. The van der Waals surface area contributed by atoms with Crippen molar-refractivity contribution in [3.05, 3.63) is 77.6 Å². The van der Waals surface area contributed by atoms with Crippen molar-refractivity contribution in [1.29, 1.82) is 0 Å². The van der Waals surface area contributed by atoms with E-state index in [0.29, 0.717) is 22.6 Å². The summed E-state index contributed by atoms with van der Waals surface area (Å²) in [5, 5.41) is 0. The van der Waals surface area contributed by atoms with Crippen LogP contribution < -0.4 is 4.74 Å². The SMILES string of the molecule is [B]=COc1ccc(-c2ccc(-c3ccc(C4CCCC(CCCCCCC)CC4)cc3F)cc2)c(F)c1F. The van der Waals surface area contributed by atoms with Crippen molar-refractivity contribution in [2.24, 2.45) is 5.92 Å². The molecule has 0 heterocycles. The van der Waals surface area contributed by atoms with Gasteiger partial charge in [0.05, 0.1) is 0 Å². The molecule has 0 bridgehead atoms. The summed E-state index contributed by atoms with van der Waals surface area (Å²) in [6.45, 7) is 2.25. The molecule has 1 aliphatic carbocycles. The van der Waals surface area contributed by atoms with Crippen LogP contribution in [0.15, 0.2) is 54.6 Å². The van der Waals surface area contributed by atoms with Crippen molar-refractivity contribution in [2.75, 3.05) is 0 Å². The Labute approximate surface area is 226 Å². The van der Waals surface area contributed by atoms with Crippen LogP contribution in [-0.2, 0) is 0 Å². The fraction of sp³-hybridized carbons (Fsp3) is 0.424. The van der Waals surface area contributed by atoms with Gasteiger partial charge in [0.1, 0.15) is 0 Å². The monoisotopic (exact) mass is 517 g/mol. The summed E-state index contributed by atoms with van der Waals surface area (Å²) >= 11 is 0. The maximum absolute atomic E-state index is 15.3. The van der Waals surface area contributed by atoms with Crippen molar-refractivity contribution in [3.63, 3.8) is 0 Å². The zero-order valence-electron chi connectivity index (χ0n) is 22.3. The van der Waals surface area contributed by atoms with E-state index >= 15 is 4.39 Å². The van der Waals surface area contributed by atoms with Crippen LogP contribution in [0.25, 0.3) is 22.3 Å². The van der Waals surface area contributed by atoms with Crippen molar-refractivity contribution >= 4 is 13.6 Å². The molecule has 0 saturated heterocycles. The van der Waals surface area contributed by atoms with Gasteiger partial charge in [0.25, 0.3) is 0 Å². The van der Waals surface area contributed by atoms with Gasteiger partial charge in [0.15, 0.2) is 0 Å². The van der Waals surface area contributed by atoms with Crippen molar-refractivity contribution in [2.45, 2.75) is 83.5 Å². The molecule has 5 heteroatoms. The molecule has 1 saturated carbocycles. The molecule has 4 rings (SSSR count). The van der Waals surface area contributed by atoms with Crippen LogP contribution in [0.3, 0.4) is 0 Å². The summed E-state index contributed by atoms with van der Waals surface area (Å²) in [5.41, 5.74) is 2.87. The molecule has 2 unspecified atom stereocenters. The fourth-order valence-electron chi connectivity index (χ4n) is 5.80. The van der Waals surface area contributed by atoms with Gasteiger partial charge in [-0.15, -0.1) is 0 Å². The Morgan fingerprint density at radius 1 is 0.789 bits per heavy atom. The molecule has 0 aliphatic heterocycles. The second-order valence-electron chi connectivity index (χ2n) is 10.6. The number of ether oxygens (including phenoxy) is 1. The number of halogens is 3. The van der Waals surface area contributed by atoms with Crippen molar-refractivity contribution in [1.82, 2.24) is 0 Å². The van der Waals surface area contributed by atoms with Crippen LogP contribution in [0.1, 0.15) is 89.0 Å². The summed E-state index contributed by atoms with van der Waals surface area (Å²) < 4.78 is 48.9. The quantitative estimate of drug-likeness (QED) is 0.140. The first-order valence-electron chi connectivity index (χ1n) is 14.1. The van der Waals surface area contributed by atoms with Crippen molar-refractivity contribution < 1.29 is 17.9 Å². The molecule has 0 aromatic heterocycles. The minimum atomic E-state index is -1.10. The van der Waals surface area contributed by atoms with E-state index in [1.54, 1.807) is 30.3 Å². The summed E-state index contributed by atoms with van der Waals surface area (Å²) in [4.78, 5) is 0. The Hall–Kier alpha value is -2.82. The van der Waals surface area contributed by atoms with Crippen LogP contribution in [0.5, 0.6) is 5.75 Å². The third-order valence-electron chi connectivity index (χ3n) is 8.02. The number of hydrogen-bond acceptors (Lipinski definition) is 1. The van der Waals surface area contributed by atoms with E-state index in [4.69, 9.17) is 12.2 Å². The summed E-state index contributed by atoms with van der Waals surface area (Å²) in [7, 11) is 5.14. The fourth-order valence-corrected chi connectivity index (χ4v) is 5.80. The van der Waals surface area contributed by atoms with E-state index in [2.05, 4.69) is 13.0 Å². The Bertz CT molecular complexity index is 1210. The van der Waals surface area contributed by atoms with Gasteiger partial charge >= 0.3 is 115 Å². The average Bonchev–Trinajstić information content (AvgIpc) is 3.17. The van der Waals surface area contributed by atoms with Gasteiger partial charge in [-0.2, -0.15) is 0 Å². The second kappa shape index (κ2) is 13.8. The molecule has 0 amide bonds. The van der Waals surface area contributed by atoms with E-state index in [1.165, 1.54) is 69.9 Å². The molecule has 0 N–H and O–H groups in total. The molecule has 3 aromatic rings. The molecular weight excluding hydrogens is 480 g/mol. The topological polar surface area (TPSA) is 9.23 Å². The van der Waals surface area contributed by atoms with Gasteiger partial charge in [-0.3, -0.25) is 0 Å². The van der Waals surface area contributed by atoms with Gasteiger partial charge in [0.2, 0.25) is 0 Å². The van der Waals surface area contributed by atoms with E-state index in [0.717, 1.165) is 30.5 Å². The molecule has 1 fully saturated rings. The van der Waals surface area contributed by atoms with Gasteiger partial charge in [-0.25, -0.2) is 4.39 Å². The second-order valence-corrected chi connectivity index (χ2v) is 10.6. The summed E-state index contributed by atoms with van der Waals surface area (Å²) in [6, 6.07) is 15.2. The molecule has 38 heavy (non-hydrogen) atoms. The molecule has 3 aromatic carbocycles. The maximum atomic E-state index is 15.3. The molecule has 199 valence electrons. The Kier molecular flexibility index (Phi) is 10.3. The predicted molar refractivity (Wildman–Crippen MR) is 152 cm³/mol. The third-order valence-corrected chi connectivity index (χ3v) is 8.02. The Morgan fingerprint density at radius 2 is 1.50 bits per heavy atom. The number of benzene rings is 3. The van der Waals surface area contributed by atoms with Crippen LogP contribution in [0.4, 0.5) is 13.2 Å². The van der Waals surface area contributed by atoms with Crippen molar-refractivity contribution in [3.8, 4) is 28.0 Å². The molecule has 2 atom stereocenters. The van der Waals surface area contributed by atoms with Crippen LogP contribution in [0, 0.1) is 23.4 Å². The minimum absolute atomic E-state index is 0.0990. The molecule has 1 radical (unpaired) electrons. The Balaban J connectivity index is 1.41. The first kappa shape index (κ1) is 28.2. The Morgan fingerprint density at radius 3 is 2.21 bits per heavy atom. The van der Waals surface area contributed by atoms with Gasteiger partial charge < -0.3 is 0 Å². The zero-order valence-corrected chi connectivity index (χ0v) is 22.3. The zero-order chi connectivity index (χ0) is 26.9.